The van der Waals surface area contributed by atoms with Gasteiger partial charge in [0.2, 0.25) is 0 Å². The molecule has 0 aromatic rings. The highest BCUT2D eigenvalue weighted by molar-refractivity contribution is 5.10. The molecule has 0 aliphatic carbocycles. The molecule has 0 saturated heterocycles. The lowest BCUT2D eigenvalue weighted by Crippen LogP contribution is -2.06. The molecule has 0 aliphatic rings. The first-order valence-electron chi connectivity index (χ1n) is 4.05. The van der Waals surface area contributed by atoms with Crippen molar-refractivity contribution in [1.82, 2.24) is 0 Å². The molecule has 0 heterocycles. The van der Waals surface area contributed by atoms with Crippen molar-refractivity contribution >= 4 is 6.79 Å². The Kier molecular flexibility index (Phi) is 42.2. The minimum atomic E-state index is 0. The zero-order valence-corrected chi connectivity index (χ0v) is 8.55. The summed E-state index contributed by atoms with van der Waals surface area (Å²) >= 11 is 0. The van der Waals surface area contributed by atoms with Gasteiger partial charge in [-0.25, -0.2) is 0 Å². The molecular weight excluding hydrogens is 150 g/mol. The van der Waals surface area contributed by atoms with E-state index in [1.165, 1.54) is 6.42 Å². The van der Waals surface area contributed by atoms with Crippen molar-refractivity contribution in [1.29, 1.82) is 0 Å². The van der Waals surface area contributed by atoms with Crippen LogP contribution < -0.4 is 5.73 Å². The van der Waals surface area contributed by atoms with E-state index in [2.05, 4.69) is 20.8 Å². The molecule has 0 amide bonds. The molecule has 2 nitrogen and oxygen atoms in total. The van der Waals surface area contributed by atoms with Gasteiger partial charge in [-0.15, -0.1) is 0 Å². The molecule has 0 saturated carbocycles. The van der Waals surface area contributed by atoms with E-state index in [1.54, 1.807) is 0 Å². The molecule has 12 heavy (non-hydrogen) atoms. The lowest BCUT2D eigenvalue weighted by atomic mass is 10.2. The van der Waals surface area contributed by atoms with E-state index in [0.29, 0.717) is 6.04 Å². The van der Waals surface area contributed by atoms with Crippen LogP contribution in [0.1, 0.15) is 48.5 Å². The molecule has 2 N–H and O–H groups in total. The summed E-state index contributed by atoms with van der Waals surface area (Å²) in [5.74, 6) is 0.884. The number of carbonyl (C=O) groups excluding carboxylic acids is 1. The van der Waals surface area contributed by atoms with Crippen molar-refractivity contribution in [2.75, 3.05) is 0 Å². The van der Waals surface area contributed by atoms with Gasteiger partial charge in [0, 0.05) is 0 Å². The predicted molar refractivity (Wildman–Crippen MR) is 58.3 cm³/mol. The molecule has 78 valence electrons. The topological polar surface area (TPSA) is 43.1 Å². The summed E-state index contributed by atoms with van der Waals surface area (Å²) in [7, 11) is 0. The first-order valence-corrected chi connectivity index (χ1v) is 4.05. The minimum Gasteiger partial charge on any atom is -0.328 e. The Morgan fingerprint density at radius 2 is 1.25 bits per heavy atom. The highest BCUT2D eigenvalue weighted by Crippen LogP contribution is 1.93. The zero-order valence-electron chi connectivity index (χ0n) is 8.55. The van der Waals surface area contributed by atoms with Gasteiger partial charge in [0.15, 0.2) is 0 Å². The van der Waals surface area contributed by atoms with E-state index in [9.17, 15) is 0 Å². The fourth-order valence-electron chi connectivity index (χ4n) is 0. The van der Waals surface area contributed by atoms with Crippen LogP contribution in [0.3, 0.4) is 0 Å². The highest BCUT2D eigenvalue weighted by atomic mass is 16.1. The summed E-state index contributed by atoms with van der Waals surface area (Å²) in [6.45, 7) is 12.5. The largest absolute Gasteiger partial charge is 0.328 e. The van der Waals surface area contributed by atoms with Crippen LogP contribution in [0, 0.1) is 5.92 Å². The van der Waals surface area contributed by atoms with E-state index in [0.717, 1.165) is 5.92 Å². The van der Waals surface area contributed by atoms with Crippen LogP contribution >= 0.6 is 0 Å². The Balaban J connectivity index is -0.0000000419. The van der Waals surface area contributed by atoms with E-state index in [-0.39, 0.29) is 7.43 Å². The van der Waals surface area contributed by atoms with Crippen LogP contribution in [0.15, 0.2) is 0 Å². The molecule has 0 radical (unpaired) electrons. The SMILES string of the molecule is C.C=O.CC(C)N.CCC(C)C. The predicted octanol–water partition coefficient (Wildman–Crippen LogP) is 2.86. The van der Waals surface area contributed by atoms with Crippen molar-refractivity contribution in [2.45, 2.75) is 54.5 Å². The molecule has 0 unspecified atom stereocenters. The second kappa shape index (κ2) is 22.4. The van der Waals surface area contributed by atoms with E-state index < -0.39 is 0 Å². The van der Waals surface area contributed by atoms with Gasteiger partial charge >= 0.3 is 0 Å². The third-order valence-electron chi connectivity index (χ3n) is 0.816. The molecule has 0 spiro atoms. The Morgan fingerprint density at radius 1 is 1.17 bits per heavy atom. The van der Waals surface area contributed by atoms with E-state index in [4.69, 9.17) is 10.5 Å². The number of carbonyl (C=O) groups is 1. The van der Waals surface area contributed by atoms with Crippen molar-refractivity contribution < 1.29 is 4.79 Å². The first kappa shape index (κ1) is 22.6. The van der Waals surface area contributed by atoms with Gasteiger partial charge in [-0.2, -0.15) is 0 Å². The molecule has 0 bridgehead atoms. The van der Waals surface area contributed by atoms with Crippen LogP contribution in [-0.4, -0.2) is 12.8 Å². The van der Waals surface area contributed by atoms with Gasteiger partial charge in [0.1, 0.15) is 6.79 Å². The van der Waals surface area contributed by atoms with Crippen LogP contribution in [0.5, 0.6) is 0 Å². The summed E-state index contributed by atoms with van der Waals surface area (Å²) in [5, 5.41) is 0. The van der Waals surface area contributed by atoms with Gasteiger partial charge in [-0.05, 0) is 12.0 Å². The number of nitrogens with two attached hydrogens (primary N) is 1. The Morgan fingerprint density at radius 3 is 1.25 bits per heavy atom. The monoisotopic (exact) mass is 177 g/mol. The molecule has 0 fully saturated rings. The molecule has 0 aromatic heterocycles. The maximum atomic E-state index is 8.00. The third kappa shape index (κ3) is 270. The highest BCUT2D eigenvalue weighted by Gasteiger charge is 1.80. The first-order chi connectivity index (χ1) is 5.00. The summed E-state index contributed by atoms with van der Waals surface area (Å²) in [5.41, 5.74) is 5.11. The second-order valence-electron chi connectivity index (χ2n) is 3.05. The maximum Gasteiger partial charge on any atom is 0.106 e. The summed E-state index contributed by atoms with van der Waals surface area (Å²) in [6.07, 6.45) is 1.31. The normalized spacial score (nSPS) is 7.33. The molecule has 2 heteroatoms. The fourth-order valence-corrected chi connectivity index (χ4v) is 0. The Labute approximate surface area is 78.5 Å². The van der Waals surface area contributed by atoms with Crippen molar-refractivity contribution in [3.05, 3.63) is 0 Å². The number of hydrogen-bond acceptors (Lipinski definition) is 2. The van der Waals surface area contributed by atoms with Crippen LogP contribution in [-0.2, 0) is 4.79 Å². The van der Waals surface area contributed by atoms with Crippen LogP contribution in [0.25, 0.3) is 0 Å². The van der Waals surface area contributed by atoms with Gasteiger partial charge in [-0.1, -0.05) is 48.5 Å². The molecule has 0 atom stereocenters. The van der Waals surface area contributed by atoms with Crippen molar-refractivity contribution in [3.8, 4) is 0 Å². The molecular formula is C10H27NO. The van der Waals surface area contributed by atoms with E-state index in [1.807, 2.05) is 20.6 Å². The fraction of sp³-hybridized carbons (Fsp3) is 0.900. The average molecular weight is 177 g/mol. The van der Waals surface area contributed by atoms with Gasteiger partial charge in [0.25, 0.3) is 0 Å². The zero-order chi connectivity index (χ0) is 9.86. The number of hydrogen-bond donors (Lipinski definition) is 1. The minimum absolute atomic E-state index is 0. The van der Waals surface area contributed by atoms with Gasteiger partial charge < -0.3 is 10.5 Å². The summed E-state index contributed by atoms with van der Waals surface area (Å²) in [6, 6.07) is 0.333. The second-order valence-corrected chi connectivity index (χ2v) is 3.05. The standard InChI is InChI=1S/C5H12.C3H9N.CH2O.CH4/c1-4-5(2)3;1-3(2)4;1-2;/h5H,4H2,1-3H3;3H,4H2,1-2H3;1H2;1H4. The van der Waals surface area contributed by atoms with Gasteiger partial charge in [-0.3, -0.25) is 0 Å². The van der Waals surface area contributed by atoms with Crippen molar-refractivity contribution in [2.24, 2.45) is 11.7 Å². The van der Waals surface area contributed by atoms with Crippen LogP contribution in [0.4, 0.5) is 0 Å². The summed E-state index contributed by atoms with van der Waals surface area (Å²) in [4.78, 5) is 8.00. The van der Waals surface area contributed by atoms with Crippen molar-refractivity contribution in [3.63, 3.8) is 0 Å². The van der Waals surface area contributed by atoms with Crippen LogP contribution in [0.2, 0.25) is 0 Å². The third-order valence-corrected chi connectivity index (χ3v) is 0.816. The molecule has 0 aromatic carbocycles. The smallest absolute Gasteiger partial charge is 0.106 e. The summed E-state index contributed by atoms with van der Waals surface area (Å²) < 4.78 is 0. The van der Waals surface area contributed by atoms with E-state index >= 15 is 0 Å². The maximum absolute atomic E-state index is 8.00. The molecule has 0 rings (SSSR count). The quantitative estimate of drug-likeness (QED) is 0.669. The lowest BCUT2D eigenvalue weighted by Gasteiger charge is -1.90. The average Bonchev–Trinajstić information content (AvgIpc) is 1.91. The molecule has 0 aliphatic heterocycles. The Bertz CT molecular complexity index is 51.0. The van der Waals surface area contributed by atoms with Gasteiger partial charge in [0.05, 0.1) is 0 Å². The number of rotatable bonds is 1. The Hall–Kier alpha value is -0.370. The lowest BCUT2D eigenvalue weighted by molar-refractivity contribution is -0.0979.